The van der Waals surface area contributed by atoms with Crippen LogP contribution in [0.4, 0.5) is 8.78 Å². The number of nitrogens with zero attached hydrogens (tertiary/aromatic N) is 2. The molecule has 3 nitrogen and oxygen atoms in total. The van der Waals surface area contributed by atoms with Crippen LogP contribution in [-0.2, 0) is 13.1 Å². The van der Waals surface area contributed by atoms with Gasteiger partial charge in [-0.3, -0.25) is 0 Å². The molecule has 0 amide bonds. The van der Waals surface area contributed by atoms with Crippen molar-refractivity contribution in [1.29, 1.82) is 0 Å². The summed E-state index contributed by atoms with van der Waals surface area (Å²) < 4.78 is 28.7. The van der Waals surface area contributed by atoms with E-state index in [-0.39, 0.29) is 17.7 Å². The second-order valence-electron chi connectivity index (χ2n) is 3.68. The highest BCUT2D eigenvalue weighted by Gasteiger charge is 2.14. The molecule has 0 unspecified atom stereocenters. The zero-order valence-electron chi connectivity index (χ0n) is 9.45. The van der Waals surface area contributed by atoms with Crippen molar-refractivity contribution in [2.75, 3.05) is 0 Å². The number of rotatable bonds is 3. The highest BCUT2D eigenvalue weighted by Crippen LogP contribution is 2.25. The largest absolute Gasteiger partial charge is 0.326 e. The van der Waals surface area contributed by atoms with E-state index in [1.54, 1.807) is 13.0 Å². The van der Waals surface area contributed by atoms with Gasteiger partial charge in [0.05, 0.1) is 11.8 Å². The van der Waals surface area contributed by atoms with Gasteiger partial charge in [-0.05, 0) is 18.6 Å². The van der Waals surface area contributed by atoms with Gasteiger partial charge in [0.2, 0.25) is 5.95 Å². The Balaban J connectivity index is 2.49. The summed E-state index contributed by atoms with van der Waals surface area (Å²) in [6, 6.07) is 4.52. The maximum absolute atomic E-state index is 13.8. The molecular formula is C12H13F2N3. The summed E-state index contributed by atoms with van der Waals surface area (Å²) in [5.41, 5.74) is 6.46. The maximum atomic E-state index is 13.8. The molecule has 5 heteroatoms. The van der Waals surface area contributed by atoms with Crippen molar-refractivity contribution in [3.05, 3.63) is 41.7 Å². The average Bonchev–Trinajstić information content (AvgIpc) is 2.70. The normalized spacial score (nSPS) is 10.8. The van der Waals surface area contributed by atoms with Crippen molar-refractivity contribution in [3.8, 4) is 11.1 Å². The molecule has 0 aliphatic carbocycles. The number of aromatic nitrogens is 2. The van der Waals surface area contributed by atoms with Crippen LogP contribution in [0.5, 0.6) is 0 Å². The van der Waals surface area contributed by atoms with Crippen LogP contribution in [0.1, 0.15) is 12.5 Å². The van der Waals surface area contributed by atoms with E-state index in [4.69, 9.17) is 5.73 Å². The summed E-state index contributed by atoms with van der Waals surface area (Å²) in [6.07, 6.45) is 1.33. The first-order valence-corrected chi connectivity index (χ1v) is 5.37. The van der Waals surface area contributed by atoms with E-state index in [0.29, 0.717) is 12.1 Å². The Morgan fingerprint density at radius 3 is 2.59 bits per heavy atom. The topological polar surface area (TPSA) is 43.8 Å². The Kier molecular flexibility index (Phi) is 3.19. The zero-order valence-corrected chi connectivity index (χ0v) is 9.45. The molecule has 0 aliphatic heterocycles. The lowest BCUT2D eigenvalue weighted by Crippen LogP contribution is -2.00. The molecule has 0 spiro atoms. The minimum Gasteiger partial charge on any atom is -0.326 e. The molecular weight excluding hydrogens is 224 g/mol. The van der Waals surface area contributed by atoms with E-state index in [2.05, 4.69) is 5.10 Å². The first kappa shape index (κ1) is 11.7. The molecule has 0 saturated heterocycles. The van der Waals surface area contributed by atoms with Crippen LogP contribution < -0.4 is 5.73 Å². The molecule has 0 aliphatic rings. The van der Waals surface area contributed by atoms with Gasteiger partial charge in [-0.25, -0.2) is 9.07 Å². The number of nitrogens with two attached hydrogens (primary N) is 1. The lowest BCUT2D eigenvalue weighted by atomic mass is 10.1. The van der Waals surface area contributed by atoms with E-state index in [1.807, 2.05) is 0 Å². The Morgan fingerprint density at radius 2 is 2.06 bits per heavy atom. The van der Waals surface area contributed by atoms with Crippen molar-refractivity contribution in [2.24, 2.45) is 5.73 Å². The van der Waals surface area contributed by atoms with E-state index in [1.165, 1.54) is 23.0 Å². The summed E-state index contributed by atoms with van der Waals surface area (Å²) in [4.78, 5) is 0. The molecule has 1 aromatic heterocycles. The van der Waals surface area contributed by atoms with Crippen LogP contribution in [0.2, 0.25) is 0 Å². The summed E-state index contributed by atoms with van der Waals surface area (Å²) in [6.45, 7) is 2.44. The highest BCUT2D eigenvalue weighted by atomic mass is 19.1. The predicted molar refractivity (Wildman–Crippen MR) is 61.1 cm³/mol. The molecule has 90 valence electrons. The van der Waals surface area contributed by atoms with E-state index < -0.39 is 11.8 Å². The summed E-state index contributed by atoms with van der Waals surface area (Å²) >= 11 is 0. The first-order chi connectivity index (χ1) is 8.17. The van der Waals surface area contributed by atoms with Crippen LogP contribution in [0, 0.1) is 11.8 Å². The van der Waals surface area contributed by atoms with Crippen molar-refractivity contribution in [2.45, 2.75) is 20.0 Å². The lowest BCUT2D eigenvalue weighted by molar-refractivity contribution is 0.472. The quantitative estimate of drug-likeness (QED) is 0.890. The lowest BCUT2D eigenvalue weighted by Gasteiger charge is -2.03. The third kappa shape index (κ3) is 2.06. The van der Waals surface area contributed by atoms with E-state index >= 15 is 0 Å². The average molecular weight is 237 g/mol. The molecule has 0 fully saturated rings. The zero-order chi connectivity index (χ0) is 12.4. The Morgan fingerprint density at radius 1 is 1.29 bits per heavy atom. The number of aryl methyl sites for hydroxylation is 1. The number of hydrogen-bond donors (Lipinski definition) is 1. The highest BCUT2D eigenvalue weighted by molar-refractivity contribution is 5.63. The fraction of sp³-hybridized carbons (Fsp3) is 0.250. The third-order valence-corrected chi connectivity index (χ3v) is 2.63. The van der Waals surface area contributed by atoms with Crippen LogP contribution in [-0.4, -0.2) is 9.78 Å². The minimum atomic E-state index is -0.521. The molecule has 0 saturated carbocycles. The molecule has 2 rings (SSSR count). The van der Waals surface area contributed by atoms with Crippen molar-refractivity contribution in [3.63, 3.8) is 0 Å². The molecule has 0 atom stereocenters. The molecule has 0 radical (unpaired) electrons. The maximum Gasteiger partial charge on any atom is 0.219 e. The van der Waals surface area contributed by atoms with E-state index in [0.717, 1.165) is 0 Å². The van der Waals surface area contributed by atoms with Gasteiger partial charge in [0.15, 0.2) is 0 Å². The molecule has 1 heterocycles. The van der Waals surface area contributed by atoms with Gasteiger partial charge in [0.25, 0.3) is 0 Å². The second-order valence-corrected chi connectivity index (χ2v) is 3.68. The molecule has 2 aromatic rings. The summed E-state index contributed by atoms with van der Waals surface area (Å²) in [5, 5.41) is 3.84. The van der Waals surface area contributed by atoms with Crippen molar-refractivity contribution >= 4 is 0 Å². The minimum absolute atomic E-state index is 0.174. The Hall–Kier alpha value is -1.75. The third-order valence-electron chi connectivity index (χ3n) is 2.63. The Bertz CT molecular complexity index is 535. The molecule has 17 heavy (non-hydrogen) atoms. The van der Waals surface area contributed by atoms with Crippen LogP contribution in [0.3, 0.4) is 0 Å². The van der Waals surface area contributed by atoms with Crippen molar-refractivity contribution in [1.82, 2.24) is 9.78 Å². The van der Waals surface area contributed by atoms with E-state index in [9.17, 15) is 8.78 Å². The van der Waals surface area contributed by atoms with Crippen LogP contribution in [0.25, 0.3) is 11.1 Å². The van der Waals surface area contributed by atoms with Crippen LogP contribution >= 0.6 is 0 Å². The standard InChI is InChI=1S/C12H13F2N3/c1-2-17-12(14)10(7-16-17)9-4-3-8(6-15)5-11(9)13/h3-5,7H,2,6,15H2,1H3. The number of hydrogen-bond acceptors (Lipinski definition) is 2. The first-order valence-electron chi connectivity index (χ1n) is 5.37. The molecule has 0 bridgehead atoms. The van der Waals surface area contributed by atoms with Gasteiger partial charge in [-0.2, -0.15) is 9.49 Å². The fourth-order valence-electron chi connectivity index (χ4n) is 1.68. The number of halogens is 2. The van der Waals surface area contributed by atoms with Crippen LogP contribution in [0.15, 0.2) is 24.4 Å². The monoisotopic (exact) mass is 237 g/mol. The molecule has 1 aromatic carbocycles. The number of benzene rings is 1. The summed E-state index contributed by atoms with van der Waals surface area (Å²) in [7, 11) is 0. The smallest absolute Gasteiger partial charge is 0.219 e. The van der Waals surface area contributed by atoms with Gasteiger partial charge < -0.3 is 5.73 Å². The Labute approximate surface area is 97.9 Å². The van der Waals surface area contributed by atoms with Gasteiger partial charge >= 0.3 is 0 Å². The van der Waals surface area contributed by atoms with Gasteiger partial charge in [-0.1, -0.05) is 12.1 Å². The second kappa shape index (κ2) is 4.63. The van der Waals surface area contributed by atoms with Gasteiger partial charge in [-0.15, -0.1) is 0 Å². The van der Waals surface area contributed by atoms with Gasteiger partial charge in [0, 0.05) is 18.7 Å². The fourth-order valence-corrected chi connectivity index (χ4v) is 1.68. The summed E-state index contributed by atoms with van der Waals surface area (Å²) in [5.74, 6) is -1.01. The molecule has 2 N–H and O–H groups in total. The van der Waals surface area contributed by atoms with Gasteiger partial charge in [0.1, 0.15) is 5.82 Å². The van der Waals surface area contributed by atoms with Crippen molar-refractivity contribution < 1.29 is 8.78 Å². The SMILES string of the molecule is CCn1ncc(-c2ccc(CN)cc2F)c1F. The predicted octanol–water partition coefficient (Wildman–Crippen LogP) is 2.31.